The van der Waals surface area contributed by atoms with Gasteiger partial charge in [-0.2, -0.15) is 0 Å². The van der Waals surface area contributed by atoms with Crippen LogP contribution in [0.5, 0.6) is 5.88 Å². The Morgan fingerprint density at radius 1 is 1.31 bits per heavy atom. The van der Waals surface area contributed by atoms with E-state index in [-0.39, 0.29) is 23.7 Å². The number of hydrogen-bond acceptors (Lipinski definition) is 6. The number of fused-ring (bicyclic) bond motifs is 1. The molecule has 0 radical (unpaired) electrons. The van der Waals surface area contributed by atoms with Crippen molar-refractivity contribution in [3.05, 3.63) is 69.7 Å². The molecule has 32 heavy (non-hydrogen) atoms. The van der Waals surface area contributed by atoms with Gasteiger partial charge in [0.25, 0.3) is 11.8 Å². The molecule has 9 nitrogen and oxygen atoms in total. The predicted molar refractivity (Wildman–Crippen MR) is 116 cm³/mol. The van der Waals surface area contributed by atoms with Gasteiger partial charge < -0.3 is 14.5 Å². The standard InChI is InChI=1S/C21H19BrFN7O2/c1-32-21-19(23)15(16(22)7-25-21)6-24-20(31)17-11-30(28-27-17)10-14-9-29-8-13(12-2-3-12)4-5-18(29)26-14/h4-5,7-9,11-12H,2-3,6,10H2,1H3,(H,24,31). The molecule has 1 aliphatic carbocycles. The lowest BCUT2D eigenvalue weighted by Gasteiger charge is -2.09. The van der Waals surface area contributed by atoms with Gasteiger partial charge in [0.15, 0.2) is 11.5 Å². The number of rotatable bonds is 7. The van der Waals surface area contributed by atoms with Crippen molar-refractivity contribution in [2.24, 2.45) is 0 Å². The van der Waals surface area contributed by atoms with E-state index in [2.05, 4.69) is 53.8 Å². The van der Waals surface area contributed by atoms with Crippen LogP contribution in [0.4, 0.5) is 4.39 Å². The van der Waals surface area contributed by atoms with Crippen LogP contribution in [0.2, 0.25) is 0 Å². The number of carbonyl (C=O) groups is 1. The monoisotopic (exact) mass is 499 g/mol. The van der Waals surface area contributed by atoms with Crippen LogP contribution in [0.25, 0.3) is 5.65 Å². The van der Waals surface area contributed by atoms with Gasteiger partial charge in [-0.3, -0.25) is 4.79 Å². The Hall–Kier alpha value is -3.34. The molecule has 0 atom stereocenters. The van der Waals surface area contributed by atoms with E-state index in [0.29, 0.717) is 16.9 Å². The number of nitrogens with one attached hydrogen (secondary N) is 1. The van der Waals surface area contributed by atoms with Gasteiger partial charge in [0.1, 0.15) is 5.65 Å². The Morgan fingerprint density at radius 2 is 2.16 bits per heavy atom. The van der Waals surface area contributed by atoms with Crippen molar-refractivity contribution in [1.29, 1.82) is 0 Å². The second kappa shape index (κ2) is 8.30. The summed E-state index contributed by atoms with van der Waals surface area (Å²) in [5.74, 6) is -0.575. The average molecular weight is 500 g/mol. The third-order valence-corrected chi connectivity index (χ3v) is 6.01. The summed E-state index contributed by atoms with van der Waals surface area (Å²) in [6, 6.07) is 4.14. The van der Waals surface area contributed by atoms with Crippen molar-refractivity contribution in [3.63, 3.8) is 0 Å². The Labute approximate surface area is 190 Å². The summed E-state index contributed by atoms with van der Waals surface area (Å²) in [5.41, 5.74) is 3.36. The van der Waals surface area contributed by atoms with Crippen LogP contribution < -0.4 is 10.1 Å². The third kappa shape index (κ3) is 4.07. The minimum Gasteiger partial charge on any atom is -0.479 e. The lowest BCUT2D eigenvalue weighted by molar-refractivity contribution is 0.0945. The molecule has 5 rings (SSSR count). The summed E-state index contributed by atoms with van der Waals surface area (Å²) >= 11 is 3.24. The smallest absolute Gasteiger partial charge is 0.273 e. The number of halogens is 2. The summed E-state index contributed by atoms with van der Waals surface area (Å²) in [6.07, 6.45) is 9.52. The molecule has 0 saturated heterocycles. The van der Waals surface area contributed by atoms with Crippen LogP contribution in [-0.4, -0.2) is 42.4 Å². The topological polar surface area (TPSA) is 99.2 Å². The van der Waals surface area contributed by atoms with Crippen molar-refractivity contribution in [3.8, 4) is 5.88 Å². The minimum absolute atomic E-state index is 0.0627. The second-order valence-corrected chi connectivity index (χ2v) is 8.48. The molecular weight excluding hydrogens is 481 g/mol. The van der Waals surface area contributed by atoms with Gasteiger partial charge >= 0.3 is 0 Å². The SMILES string of the molecule is COc1ncc(Br)c(CNC(=O)c2cn(Cc3cn4cc(C5CC5)ccc4n3)nn2)c1F. The number of amides is 1. The molecule has 0 bridgehead atoms. The Morgan fingerprint density at radius 3 is 2.94 bits per heavy atom. The first-order chi connectivity index (χ1) is 15.5. The van der Waals surface area contributed by atoms with Crippen LogP contribution in [0.15, 0.2) is 41.4 Å². The van der Waals surface area contributed by atoms with Gasteiger partial charge in [-0.15, -0.1) is 5.10 Å². The number of pyridine rings is 2. The molecule has 1 N–H and O–H groups in total. The Kier molecular flexibility index (Phi) is 5.33. The van der Waals surface area contributed by atoms with E-state index in [9.17, 15) is 9.18 Å². The fourth-order valence-corrected chi connectivity index (χ4v) is 3.91. The zero-order valence-electron chi connectivity index (χ0n) is 17.1. The summed E-state index contributed by atoms with van der Waals surface area (Å²) in [4.78, 5) is 20.9. The van der Waals surface area contributed by atoms with Crippen molar-refractivity contribution in [2.75, 3.05) is 7.11 Å². The first kappa shape index (κ1) is 20.6. The van der Waals surface area contributed by atoms with Gasteiger partial charge in [-0.1, -0.05) is 11.3 Å². The molecule has 0 unspecified atom stereocenters. The highest BCUT2D eigenvalue weighted by Crippen LogP contribution is 2.39. The molecular formula is C21H19BrFN7O2. The number of imidazole rings is 1. The maximum Gasteiger partial charge on any atom is 0.273 e. The molecule has 0 aromatic carbocycles. The van der Waals surface area contributed by atoms with E-state index in [1.54, 1.807) is 4.68 Å². The minimum atomic E-state index is -0.637. The second-order valence-electron chi connectivity index (χ2n) is 7.63. The zero-order valence-corrected chi connectivity index (χ0v) is 18.7. The Balaban J connectivity index is 1.26. The maximum absolute atomic E-state index is 14.4. The normalized spacial score (nSPS) is 13.5. The van der Waals surface area contributed by atoms with Crippen molar-refractivity contribution in [1.82, 2.24) is 34.7 Å². The van der Waals surface area contributed by atoms with E-state index >= 15 is 0 Å². The van der Waals surface area contributed by atoms with E-state index in [1.165, 1.54) is 37.9 Å². The van der Waals surface area contributed by atoms with Gasteiger partial charge in [-0.05, 0) is 46.3 Å². The highest BCUT2D eigenvalue weighted by Gasteiger charge is 2.24. The van der Waals surface area contributed by atoms with E-state index < -0.39 is 11.7 Å². The predicted octanol–water partition coefficient (Wildman–Crippen LogP) is 3.09. The van der Waals surface area contributed by atoms with E-state index in [1.807, 2.05) is 16.7 Å². The molecule has 4 aromatic heterocycles. The van der Waals surface area contributed by atoms with Gasteiger partial charge in [0.2, 0.25) is 0 Å². The first-order valence-corrected chi connectivity index (χ1v) is 10.8. The summed E-state index contributed by atoms with van der Waals surface area (Å²) in [7, 11) is 1.33. The highest BCUT2D eigenvalue weighted by molar-refractivity contribution is 9.10. The molecule has 1 amide bonds. The molecule has 4 aromatic rings. The number of methoxy groups -OCH3 is 1. The van der Waals surface area contributed by atoms with Gasteiger partial charge in [-0.25, -0.2) is 19.0 Å². The average Bonchev–Trinajstić information content (AvgIpc) is 3.40. The third-order valence-electron chi connectivity index (χ3n) is 5.32. The van der Waals surface area contributed by atoms with Crippen molar-refractivity contribution in [2.45, 2.75) is 31.8 Å². The largest absolute Gasteiger partial charge is 0.479 e. The van der Waals surface area contributed by atoms with Gasteiger partial charge in [0, 0.05) is 35.2 Å². The van der Waals surface area contributed by atoms with Crippen molar-refractivity contribution >= 4 is 27.5 Å². The maximum atomic E-state index is 14.4. The van der Waals surface area contributed by atoms with Gasteiger partial charge in [0.05, 0.1) is 25.5 Å². The van der Waals surface area contributed by atoms with Crippen LogP contribution in [0.3, 0.4) is 0 Å². The number of aromatic nitrogens is 6. The van der Waals surface area contributed by atoms with Crippen molar-refractivity contribution < 1.29 is 13.9 Å². The number of hydrogen-bond donors (Lipinski definition) is 1. The highest BCUT2D eigenvalue weighted by atomic mass is 79.9. The molecule has 0 spiro atoms. The zero-order chi connectivity index (χ0) is 22.2. The van der Waals surface area contributed by atoms with E-state index in [0.717, 1.165) is 11.3 Å². The molecule has 164 valence electrons. The quantitative estimate of drug-likeness (QED) is 0.419. The number of carbonyl (C=O) groups excluding carboxylic acids is 1. The van der Waals surface area contributed by atoms with Crippen LogP contribution in [0, 0.1) is 5.82 Å². The first-order valence-electron chi connectivity index (χ1n) is 10.0. The Bertz CT molecular complexity index is 1310. The molecule has 0 aliphatic heterocycles. The van der Waals surface area contributed by atoms with E-state index in [4.69, 9.17) is 4.74 Å². The van der Waals surface area contributed by atoms with Crippen LogP contribution in [0.1, 0.15) is 46.1 Å². The van der Waals surface area contributed by atoms with Crippen LogP contribution in [-0.2, 0) is 13.1 Å². The summed E-state index contributed by atoms with van der Waals surface area (Å²) in [5, 5.41) is 10.6. The van der Waals surface area contributed by atoms with Crippen LogP contribution >= 0.6 is 15.9 Å². The fourth-order valence-electron chi connectivity index (χ4n) is 3.49. The molecule has 1 aliphatic rings. The lowest BCUT2D eigenvalue weighted by Crippen LogP contribution is -2.24. The molecule has 1 fully saturated rings. The summed E-state index contributed by atoms with van der Waals surface area (Å²) < 4.78 is 23.3. The summed E-state index contributed by atoms with van der Waals surface area (Å²) in [6.45, 7) is 0.315. The fraction of sp³-hybridized carbons (Fsp3) is 0.286. The molecule has 1 saturated carbocycles. The number of ether oxygens (including phenoxy) is 1. The lowest BCUT2D eigenvalue weighted by atomic mass is 10.2. The molecule has 11 heteroatoms. The molecule has 4 heterocycles. The number of nitrogens with zero attached hydrogens (tertiary/aromatic N) is 6.